The minimum atomic E-state index is -0.246. The van der Waals surface area contributed by atoms with Gasteiger partial charge in [0.1, 0.15) is 23.0 Å². The molecule has 4 heteroatoms. The van der Waals surface area contributed by atoms with Crippen LogP contribution in [0.2, 0.25) is 0 Å². The molecule has 0 saturated heterocycles. The number of aromatic nitrogens is 2. The van der Waals surface area contributed by atoms with Crippen molar-refractivity contribution >= 4 is 11.0 Å². The summed E-state index contributed by atoms with van der Waals surface area (Å²) in [5.74, 6) is 1.31. The maximum absolute atomic E-state index is 13.4. The second-order valence-electron chi connectivity index (χ2n) is 7.17. The molecule has 3 aromatic carbocycles. The molecule has 0 unspecified atom stereocenters. The molecule has 0 N–H and O–H groups in total. The number of hydrogen-bond donors (Lipinski definition) is 0. The molecule has 0 aliphatic carbocycles. The second kappa shape index (κ2) is 7.48. The monoisotopic (exact) mass is 394 g/mol. The molecule has 0 aliphatic rings. The highest BCUT2D eigenvalue weighted by Crippen LogP contribution is 2.36. The van der Waals surface area contributed by atoms with Crippen molar-refractivity contribution in [1.29, 1.82) is 0 Å². The van der Waals surface area contributed by atoms with Crippen LogP contribution < -0.4 is 4.74 Å². The van der Waals surface area contributed by atoms with Crippen molar-refractivity contribution in [3.8, 4) is 33.8 Å². The SMILES string of the molecule is Cn1cc(-c2ccc(F)cc2)c2cc(-c3ccccc3Oc3ccccc3)cnc21. The molecule has 0 atom stereocenters. The number of ether oxygens (including phenoxy) is 1. The van der Waals surface area contributed by atoms with Crippen LogP contribution in [-0.2, 0) is 7.05 Å². The summed E-state index contributed by atoms with van der Waals surface area (Å²) in [6, 6.07) is 26.3. The lowest BCUT2D eigenvalue weighted by molar-refractivity contribution is 0.484. The predicted octanol–water partition coefficient (Wildman–Crippen LogP) is 6.84. The first kappa shape index (κ1) is 18.1. The normalized spacial score (nSPS) is 11.0. The molecule has 3 nitrogen and oxygen atoms in total. The summed E-state index contributed by atoms with van der Waals surface area (Å²) in [5, 5.41) is 1.01. The Balaban J connectivity index is 1.63. The summed E-state index contributed by atoms with van der Waals surface area (Å²) in [5.41, 5.74) is 4.77. The minimum Gasteiger partial charge on any atom is -0.457 e. The van der Waals surface area contributed by atoms with Gasteiger partial charge in [0, 0.05) is 41.5 Å². The van der Waals surface area contributed by atoms with E-state index in [1.165, 1.54) is 12.1 Å². The van der Waals surface area contributed by atoms with E-state index < -0.39 is 0 Å². The van der Waals surface area contributed by atoms with Gasteiger partial charge < -0.3 is 9.30 Å². The van der Waals surface area contributed by atoms with Crippen LogP contribution in [0.25, 0.3) is 33.3 Å². The lowest BCUT2D eigenvalue weighted by Crippen LogP contribution is -1.91. The Bertz CT molecular complexity index is 1320. The average Bonchev–Trinajstić information content (AvgIpc) is 3.11. The van der Waals surface area contributed by atoms with Crippen LogP contribution in [0.1, 0.15) is 0 Å². The summed E-state index contributed by atoms with van der Waals surface area (Å²) in [6.07, 6.45) is 3.89. The molecule has 0 bridgehead atoms. The number of benzene rings is 3. The average molecular weight is 394 g/mol. The quantitative estimate of drug-likeness (QED) is 0.334. The van der Waals surface area contributed by atoms with Crippen molar-refractivity contribution in [2.75, 3.05) is 0 Å². The van der Waals surface area contributed by atoms with E-state index in [2.05, 4.69) is 6.07 Å². The Morgan fingerprint density at radius 1 is 0.800 bits per heavy atom. The van der Waals surface area contributed by atoms with Crippen molar-refractivity contribution in [3.63, 3.8) is 0 Å². The minimum absolute atomic E-state index is 0.246. The van der Waals surface area contributed by atoms with Gasteiger partial charge in [0.15, 0.2) is 0 Å². The molecular formula is C26H19FN2O. The Morgan fingerprint density at radius 3 is 2.33 bits per heavy atom. The maximum atomic E-state index is 13.4. The van der Waals surface area contributed by atoms with Crippen molar-refractivity contribution in [2.24, 2.45) is 7.05 Å². The Morgan fingerprint density at radius 2 is 1.53 bits per heavy atom. The molecular weight excluding hydrogens is 375 g/mol. The van der Waals surface area contributed by atoms with Gasteiger partial charge in [-0.1, -0.05) is 48.5 Å². The van der Waals surface area contributed by atoms with Gasteiger partial charge in [0.25, 0.3) is 0 Å². The fourth-order valence-corrected chi connectivity index (χ4v) is 3.68. The lowest BCUT2D eigenvalue weighted by Gasteiger charge is -2.11. The molecule has 5 rings (SSSR count). The van der Waals surface area contributed by atoms with E-state index in [-0.39, 0.29) is 5.82 Å². The Labute approximate surface area is 174 Å². The third kappa shape index (κ3) is 3.33. The third-order valence-corrected chi connectivity index (χ3v) is 5.14. The zero-order valence-electron chi connectivity index (χ0n) is 16.4. The number of fused-ring (bicyclic) bond motifs is 1. The van der Waals surface area contributed by atoms with Gasteiger partial charge in [0.05, 0.1) is 0 Å². The topological polar surface area (TPSA) is 27.1 Å². The molecule has 0 radical (unpaired) electrons. The van der Waals surface area contributed by atoms with Crippen LogP contribution in [-0.4, -0.2) is 9.55 Å². The summed E-state index contributed by atoms with van der Waals surface area (Å²) >= 11 is 0. The number of rotatable bonds is 4. The molecule has 0 fully saturated rings. The molecule has 0 saturated carbocycles. The van der Waals surface area contributed by atoms with Crippen LogP contribution in [0.5, 0.6) is 11.5 Å². The van der Waals surface area contributed by atoms with Gasteiger partial charge >= 0.3 is 0 Å². The highest BCUT2D eigenvalue weighted by Gasteiger charge is 2.14. The number of hydrogen-bond acceptors (Lipinski definition) is 2. The van der Waals surface area contributed by atoms with E-state index in [0.717, 1.165) is 44.8 Å². The standard InChI is InChI=1S/C26H19FN2O/c1-29-17-24(18-11-13-20(27)14-12-18)23-15-19(16-28-26(23)29)22-9-5-6-10-25(22)30-21-7-3-2-4-8-21/h2-17H,1H3. The van der Waals surface area contributed by atoms with Crippen LogP contribution in [0.15, 0.2) is 97.3 Å². The van der Waals surface area contributed by atoms with Crippen molar-refractivity contribution in [3.05, 3.63) is 103 Å². The Hall–Kier alpha value is -3.92. The van der Waals surface area contributed by atoms with Gasteiger partial charge in [-0.2, -0.15) is 0 Å². The van der Waals surface area contributed by atoms with E-state index >= 15 is 0 Å². The van der Waals surface area contributed by atoms with Gasteiger partial charge in [-0.15, -0.1) is 0 Å². The zero-order valence-corrected chi connectivity index (χ0v) is 16.4. The Kier molecular flexibility index (Phi) is 4.52. The summed E-state index contributed by atoms with van der Waals surface area (Å²) in [7, 11) is 1.97. The van der Waals surface area contributed by atoms with Crippen LogP contribution in [0.3, 0.4) is 0 Å². The lowest BCUT2D eigenvalue weighted by atomic mass is 10.0. The highest BCUT2D eigenvalue weighted by atomic mass is 19.1. The molecule has 2 heterocycles. The summed E-state index contributed by atoms with van der Waals surface area (Å²) < 4.78 is 21.5. The van der Waals surface area contributed by atoms with E-state index in [4.69, 9.17) is 9.72 Å². The number of aryl methyl sites for hydroxylation is 1. The fraction of sp³-hybridized carbons (Fsp3) is 0.0385. The molecule has 5 aromatic rings. The molecule has 0 spiro atoms. The number of pyridine rings is 1. The smallest absolute Gasteiger partial charge is 0.140 e. The van der Waals surface area contributed by atoms with Crippen molar-refractivity contribution in [2.45, 2.75) is 0 Å². The molecule has 0 amide bonds. The number of halogens is 1. The van der Waals surface area contributed by atoms with Gasteiger partial charge in [-0.05, 0) is 42.0 Å². The van der Waals surface area contributed by atoms with Crippen LogP contribution in [0, 0.1) is 5.82 Å². The van der Waals surface area contributed by atoms with Crippen LogP contribution in [0.4, 0.5) is 4.39 Å². The molecule has 146 valence electrons. The highest BCUT2D eigenvalue weighted by molar-refractivity contribution is 5.96. The van der Waals surface area contributed by atoms with Gasteiger partial charge in [-0.3, -0.25) is 0 Å². The van der Waals surface area contributed by atoms with Gasteiger partial charge in [0.2, 0.25) is 0 Å². The van der Waals surface area contributed by atoms with Gasteiger partial charge in [-0.25, -0.2) is 9.37 Å². The summed E-state index contributed by atoms with van der Waals surface area (Å²) in [6.45, 7) is 0. The first-order valence-corrected chi connectivity index (χ1v) is 9.72. The zero-order chi connectivity index (χ0) is 20.5. The van der Waals surface area contributed by atoms with Crippen molar-refractivity contribution in [1.82, 2.24) is 9.55 Å². The fourth-order valence-electron chi connectivity index (χ4n) is 3.68. The van der Waals surface area contributed by atoms with E-state index in [1.807, 2.05) is 78.6 Å². The maximum Gasteiger partial charge on any atom is 0.140 e. The van der Waals surface area contributed by atoms with E-state index in [0.29, 0.717) is 0 Å². The summed E-state index contributed by atoms with van der Waals surface area (Å²) in [4.78, 5) is 4.70. The largest absolute Gasteiger partial charge is 0.457 e. The van der Waals surface area contributed by atoms with E-state index in [9.17, 15) is 4.39 Å². The van der Waals surface area contributed by atoms with E-state index in [1.54, 1.807) is 12.1 Å². The first-order valence-electron chi connectivity index (χ1n) is 9.72. The third-order valence-electron chi connectivity index (χ3n) is 5.14. The van der Waals surface area contributed by atoms with Crippen molar-refractivity contribution < 1.29 is 9.13 Å². The van der Waals surface area contributed by atoms with Crippen LogP contribution >= 0.6 is 0 Å². The first-order chi connectivity index (χ1) is 14.7. The molecule has 0 aliphatic heterocycles. The number of nitrogens with zero attached hydrogens (tertiary/aromatic N) is 2. The molecule has 30 heavy (non-hydrogen) atoms. The predicted molar refractivity (Wildman–Crippen MR) is 118 cm³/mol. The molecule has 2 aromatic heterocycles. The number of para-hydroxylation sites is 2. The second-order valence-corrected chi connectivity index (χ2v) is 7.17.